The second-order valence-electron chi connectivity index (χ2n) is 5.24. The van der Waals surface area contributed by atoms with Gasteiger partial charge in [-0.15, -0.1) is 0 Å². The molecule has 0 radical (unpaired) electrons. The molecule has 0 saturated heterocycles. The van der Waals surface area contributed by atoms with Gasteiger partial charge in [0.1, 0.15) is 5.60 Å². The van der Waals surface area contributed by atoms with Crippen molar-refractivity contribution in [2.24, 2.45) is 0 Å². The highest BCUT2D eigenvalue weighted by Crippen LogP contribution is 2.64. The molecule has 5 nitrogen and oxygen atoms in total. The normalized spacial score (nSPS) is 14.2. The molecule has 0 unspecified atom stereocenters. The molecule has 0 aromatic heterocycles. The number of ether oxygens (including phenoxy) is 1. The van der Waals surface area contributed by atoms with Gasteiger partial charge in [-0.3, -0.25) is 4.57 Å². The van der Waals surface area contributed by atoms with Crippen LogP contribution in [0.5, 0.6) is 0 Å². The minimum Gasteiger partial charge on any atom is -0.457 e. The molecular weight excluding hydrogens is 305 g/mol. The van der Waals surface area contributed by atoms with Crippen LogP contribution in [0.4, 0.5) is 8.78 Å². The van der Waals surface area contributed by atoms with Gasteiger partial charge in [0.05, 0.1) is 13.2 Å². The summed E-state index contributed by atoms with van der Waals surface area (Å²) in [6.07, 6.45) is 0.607. The van der Waals surface area contributed by atoms with Crippen LogP contribution in [0.2, 0.25) is 0 Å². The van der Waals surface area contributed by atoms with Crippen LogP contribution in [-0.4, -0.2) is 30.4 Å². The molecule has 0 fully saturated rings. The molecule has 0 aliphatic carbocycles. The fourth-order valence-corrected chi connectivity index (χ4v) is 2.93. The summed E-state index contributed by atoms with van der Waals surface area (Å²) in [4.78, 5) is 11.6. The monoisotopic (exact) mass is 328 g/mol. The number of esters is 1. The lowest BCUT2D eigenvalue weighted by Gasteiger charge is -2.26. The number of hydrogen-bond acceptors (Lipinski definition) is 5. The minimum absolute atomic E-state index is 0.202. The summed E-state index contributed by atoms with van der Waals surface area (Å²) < 4.78 is 54.8. The standard InChI is InChI=1S/C13H23F2O5P/c1-7-18-21(17,19-8-2)13(14,15)10(3)9-11(16)20-12(4,5)6/h9H,7-8H2,1-6H3/b10-9+. The van der Waals surface area contributed by atoms with Crippen LogP contribution in [0, 0.1) is 0 Å². The quantitative estimate of drug-likeness (QED) is 0.399. The highest BCUT2D eigenvalue weighted by molar-refractivity contribution is 7.55. The number of hydrogen-bond donors (Lipinski definition) is 0. The molecule has 0 heterocycles. The first-order valence-corrected chi connectivity index (χ1v) is 8.12. The van der Waals surface area contributed by atoms with Crippen LogP contribution in [0.3, 0.4) is 0 Å². The van der Waals surface area contributed by atoms with E-state index in [4.69, 9.17) is 4.74 Å². The molecule has 21 heavy (non-hydrogen) atoms. The SMILES string of the molecule is CCOP(=O)(OCC)C(F)(F)/C(C)=C/C(=O)OC(C)(C)C. The lowest BCUT2D eigenvalue weighted by molar-refractivity contribution is -0.148. The average molecular weight is 328 g/mol. The molecule has 0 aromatic carbocycles. The van der Waals surface area contributed by atoms with Gasteiger partial charge < -0.3 is 13.8 Å². The van der Waals surface area contributed by atoms with E-state index in [9.17, 15) is 18.1 Å². The number of allylic oxidation sites excluding steroid dienone is 1. The molecule has 0 saturated carbocycles. The van der Waals surface area contributed by atoms with E-state index in [0.29, 0.717) is 6.08 Å². The van der Waals surface area contributed by atoms with Gasteiger partial charge in [0, 0.05) is 11.6 Å². The van der Waals surface area contributed by atoms with E-state index in [0.717, 1.165) is 6.92 Å². The number of carbonyl (C=O) groups is 1. The lowest BCUT2D eigenvalue weighted by Crippen LogP contribution is -2.25. The molecule has 0 atom stereocenters. The van der Waals surface area contributed by atoms with Crippen molar-refractivity contribution in [1.82, 2.24) is 0 Å². The topological polar surface area (TPSA) is 61.8 Å². The lowest BCUT2D eigenvalue weighted by atomic mass is 10.2. The van der Waals surface area contributed by atoms with Crippen molar-refractivity contribution >= 4 is 13.6 Å². The van der Waals surface area contributed by atoms with Crippen LogP contribution in [0.25, 0.3) is 0 Å². The Morgan fingerprint density at radius 2 is 1.57 bits per heavy atom. The van der Waals surface area contributed by atoms with E-state index in [-0.39, 0.29) is 13.2 Å². The molecule has 0 rings (SSSR count). The summed E-state index contributed by atoms with van der Waals surface area (Å²) in [5.41, 5.74) is -5.45. The molecule has 0 bridgehead atoms. The number of carbonyl (C=O) groups excluding carboxylic acids is 1. The molecule has 0 aliphatic rings. The Hall–Kier alpha value is -0.780. The maximum absolute atomic E-state index is 14.2. The van der Waals surface area contributed by atoms with Gasteiger partial charge in [0.2, 0.25) is 0 Å². The van der Waals surface area contributed by atoms with Crippen LogP contribution in [0.1, 0.15) is 41.5 Å². The maximum atomic E-state index is 14.2. The Balaban J connectivity index is 5.36. The highest BCUT2D eigenvalue weighted by Gasteiger charge is 2.54. The van der Waals surface area contributed by atoms with Crippen molar-refractivity contribution in [2.45, 2.75) is 52.8 Å². The third-order valence-electron chi connectivity index (χ3n) is 2.16. The average Bonchev–Trinajstić information content (AvgIpc) is 2.26. The fourth-order valence-electron chi connectivity index (χ4n) is 1.35. The third kappa shape index (κ3) is 5.85. The van der Waals surface area contributed by atoms with E-state index < -0.39 is 30.4 Å². The Labute approximate surface area is 124 Å². The molecule has 0 amide bonds. The third-order valence-corrected chi connectivity index (χ3v) is 4.39. The maximum Gasteiger partial charge on any atom is 0.404 e. The van der Waals surface area contributed by atoms with Crippen LogP contribution in [0.15, 0.2) is 11.6 Å². The Morgan fingerprint density at radius 3 is 1.90 bits per heavy atom. The Kier molecular flexibility index (Phi) is 7.20. The van der Waals surface area contributed by atoms with Crippen molar-refractivity contribution in [1.29, 1.82) is 0 Å². The van der Waals surface area contributed by atoms with Gasteiger partial charge in [-0.2, -0.15) is 8.78 Å². The van der Waals surface area contributed by atoms with Gasteiger partial charge in [-0.05, 0) is 41.5 Å². The van der Waals surface area contributed by atoms with Crippen LogP contribution < -0.4 is 0 Å². The van der Waals surface area contributed by atoms with Gasteiger partial charge in [-0.25, -0.2) is 4.79 Å². The van der Waals surface area contributed by atoms with Gasteiger partial charge >= 0.3 is 19.2 Å². The van der Waals surface area contributed by atoms with Crippen molar-refractivity contribution in [3.05, 3.63) is 11.6 Å². The largest absolute Gasteiger partial charge is 0.457 e. The molecule has 8 heteroatoms. The van der Waals surface area contributed by atoms with E-state index >= 15 is 0 Å². The van der Waals surface area contributed by atoms with Crippen molar-refractivity contribution < 1.29 is 31.9 Å². The van der Waals surface area contributed by atoms with Gasteiger partial charge in [0.15, 0.2) is 0 Å². The second-order valence-corrected chi connectivity index (χ2v) is 7.31. The van der Waals surface area contributed by atoms with Gasteiger partial charge in [0.25, 0.3) is 0 Å². The summed E-state index contributed by atoms with van der Waals surface area (Å²) in [5.74, 6) is -0.945. The highest BCUT2D eigenvalue weighted by atomic mass is 31.2. The predicted molar refractivity (Wildman–Crippen MR) is 75.4 cm³/mol. The van der Waals surface area contributed by atoms with E-state index in [2.05, 4.69) is 9.05 Å². The molecular formula is C13H23F2O5P. The zero-order chi connectivity index (χ0) is 16.9. The Morgan fingerprint density at radius 1 is 1.14 bits per heavy atom. The fraction of sp³-hybridized carbons (Fsp3) is 0.769. The number of halogens is 2. The summed E-state index contributed by atoms with van der Waals surface area (Å²) in [7, 11) is -4.70. The van der Waals surface area contributed by atoms with Gasteiger partial charge in [-0.1, -0.05) is 0 Å². The molecule has 0 aliphatic heterocycles. The predicted octanol–water partition coefficient (Wildman–Crippen LogP) is 4.13. The first kappa shape index (κ1) is 20.2. The summed E-state index contributed by atoms with van der Waals surface area (Å²) in [5, 5.41) is 0. The van der Waals surface area contributed by atoms with Crippen LogP contribution >= 0.6 is 7.60 Å². The van der Waals surface area contributed by atoms with E-state index in [1.807, 2.05) is 0 Å². The van der Waals surface area contributed by atoms with Crippen molar-refractivity contribution in [3.63, 3.8) is 0 Å². The number of alkyl halides is 2. The van der Waals surface area contributed by atoms with Crippen molar-refractivity contribution in [3.8, 4) is 0 Å². The molecule has 0 spiro atoms. The van der Waals surface area contributed by atoms with E-state index in [1.165, 1.54) is 13.8 Å². The van der Waals surface area contributed by atoms with Crippen LogP contribution in [-0.2, 0) is 23.1 Å². The molecule has 124 valence electrons. The molecule has 0 N–H and O–H groups in total. The van der Waals surface area contributed by atoms with E-state index in [1.54, 1.807) is 20.8 Å². The smallest absolute Gasteiger partial charge is 0.404 e. The number of rotatable bonds is 7. The second kappa shape index (κ2) is 7.47. The summed E-state index contributed by atoms with van der Waals surface area (Å²) in [6, 6.07) is 0. The zero-order valence-electron chi connectivity index (χ0n) is 13.2. The summed E-state index contributed by atoms with van der Waals surface area (Å²) in [6.45, 7) is 8.25. The first-order valence-electron chi connectivity index (χ1n) is 6.58. The molecule has 0 aromatic rings. The van der Waals surface area contributed by atoms with Crippen molar-refractivity contribution in [2.75, 3.05) is 13.2 Å². The summed E-state index contributed by atoms with van der Waals surface area (Å²) >= 11 is 0. The first-order chi connectivity index (χ1) is 9.39. The zero-order valence-corrected chi connectivity index (χ0v) is 14.1. The Bertz CT molecular complexity index is 430. The minimum atomic E-state index is -4.70.